The second-order valence-corrected chi connectivity index (χ2v) is 8.26. The van der Waals surface area contributed by atoms with Gasteiger partial charge in [0, 0.05) is 23.2 Å². The summed E-state index contributed by atoms with van der Waals surface area (Å²) >= 11 is 7.58. The van der Waals surface area contributed by atoms with Crippen molar-refractivity contribution in [2.45, 2.75) is 42.8 Å². The summed E-state index contributed by atoms with van der Waals surface area (Å²) in [4.78, 5) is 12.9. The molecule has 1 amide bonds. The van der Waals surface area contributed by atoms with E-state index in [1.54, 1.807) is 0 Å². The molecule has 4 rings (SSSR count). The predicted molar refractivity (Wildman–Crippen MR) is 112 cm³/mol. The molecule has 1 N–H and O–H groups in total. The van der Waals surface area contributed by atoms with E-state index in [1.165, 1.54) is 11.8 Å². The van der Waals surface area contributed by atoms with Gasteiger partial charge in [-0.25, -0.2) is 0 Å². The molecule has 0 spiro atoms. The van der Waals surface area contributed by atoms with Crippen molar-refractivity contribution in [3.8, 4) is 11.4 Å². The lowest BCUT2D eigenvalue weighted by molar-refractivity contribution is -0.120. The van der Waals surface area contributed by atoms with Crippen LogP contribution in [0.3, 0.4) is 0 Å². The third-order valence-corrected chi connectivity index (χ3v) is 6.07. The van der Waals surface area contributed by atoms with Gasteiger partial charge in [0.15, 0.2) is 11.0 Å². The number of nitrogens with zero attached hydrogens (tertiary/aromatic N) is 3. The van der Waals surface area contributed by atoms with E-state index in [1.807, 2.05) is 66.1 Å². The number of hydrogen-bond donors (Lipinski definition) is 1. The van der Waals surface area contributed by atoms with E-state index >= 15 is 0 Å². The molecule has 0 radical (unpaired) electrons. The maximum Gasteiger partial charge on any atom is 0.238 e. The van der Waals surface area contributed by atoms with Gasteiger partial charge >= 0.3 is 0 Å². The van der Waals surface area contributed by atoms with Crippen LogP contribution in [-0.2, 0) is 11.3 Å². The van der Waals surface area contributed by atoms with Crippen molar-refractivity contribution in [3.63, 3.8) is 0 Å². The first-order valence-electron chi connectivity index (χ1n) is 9.37. The van der Waals surface area contributed by atoms with Gasteiger partial charge in [-0.15, -0.1) is 10.2 Å². The number of halogens is 1. The fourth-order valence-corrected chi connectivity index (χ4v) is 4.31. The van der Waals surface area contributed by atoms with E-state index < -0.39 is 0 Å². The Morgan fingerprint density at radius 3 is 2.68 bits per heavy atom. The zero-order valence-electron chi connectivity index (χ0n) is 15.5. The molecule has 2 aromatic carbocycles. The van der Waals surface area contributed by atoms with Crippen LogP contribution >= 0.6 is 23.4 Å². The van der Waals surface area contributed by atoms with Gasteiger partial charge in [0.05, 0.1) is 0 Å². The number of carbonyl (C=O) groups excluding carboxylic acids is 1. The third kappa shape index (κ3) is 4.23. The van der Waals surface area contributed by atoms with Crippen molar-refractivity contribution in [1.29, 1.82) is 0 Å². The molecule has 28 heavy (non-hydrogen) atoms. The number of hydrogen-bond acceptors (Lipinski definition) is 4. The first-order valence-corrected chi connectivity index (χ1v) is 10.6. The van der Waals surface area contributed by atoms with Gasteiger partial charge in [0.25, 0.3) is 0 Å². The molecular weight excluding hydrogens is 392 g/mol. The molecule has 1 saturated carbocycles. The number of benzene rings is 2. The summed E-state index contributed by atoms with van der Waals surface area (Å²) in [5, 5.41) is 12.9. The molecule has 0 unspecified atom stereocenters. The van der Waals surface area contributed by atoms with E-state index in [-0.39, 0.29) is 11.2 Å². The Labute approximate surface area is 173 Å². The summed E-state index contributed by atoms with van der Waals surface area (Å²) in [6.07, 6.45) is 2.12. The predicted octanol–water partition coefficient (Wildman–Crippen LogP) is 4.73. The van der Waals surface area contributed by atoms with Crippen molar-refractivity contribution in [2.24, 2.45) is 0 Å². The lowest BCUT2D eigenvalue weighted by Crippen LogP contribution is -2.30. The van der Waals surface area contributed by atoms with Crippen LogP contribution in [0, 0.1) is 0 Å². The Morgan fingerprint density at radius 1 is 1.21 bits per heavy atom. The number of aromatic nitrogens is 3. The first-order chi connectivity index (χ1) is 13.7. The molecule has 5 nitrogen and oxygen atoms in total. The van der Waals surface area contributed by atoms with Crippen LogP contribution in [0.15, 0.2) is 59.8 Å². The average Bonchev–Trinajstić information content (AvgIpc) is 3.43. The van der Waals surface area contributed by atoms with Crippen LogP contribution in [-0.4, -0.2) is 26.7 Å². The molecule has 0 bridgehead atoms. The van der Waals surface area contributed by atoms with E-state index in [2.05, 4.69) is 15.5 Å². The Bertz CT molecular complexity index is 972. The summed E-state index contributed by atoms with van der Waals surface area (Å²) in [5.74, 6) is 0.774. The highest BCUT2D eigenvalue weighted by atomic mass is 35.5. The zero-order valence-corrected chi connectivity index (χ0v) is 17.1. The van der Waals surface area contributed by atoms with Crippen LogP contribution in [0.25, 0.3) is 11.4 Å². The van der Waals surface area contributed by atoms with Crippen LogP contribution < -0.4 is 5.32 Å². The molecule has 0 saturated heterocycles. The molecule has 144 valence electrons. The summed E-state index contributed by atoms with van der Waals surface area (Å²) in [6, 6.07) is 17.7. The minimum atomic E-state index is -0.372. The Morgan fingerprint density at radius 2 is 2.00 bits per heavy atom. The van der Waals surface area contributed by atoms with Crippen LogP contribution in [0.1, 0.15) is 30.6 Å². The molecule has 7 heteroatoms. The maximum absolute atomic E-state index is 12.9. The topological polar surface area (TPSA) is 59.8 Å². The molecule has 1 aliphatic carbocycles. The summed E-state index contributed by atoms with van der Waals surface area (Å²) in [5.41, 5.74) is 1.87. The van der Waals surface area contributed by atoms with Gasteiger partial charge in [-0.1, -0.05) is 65.8 Å². The van der Waals surface area contributed by atoms with Crippen LogP contribution in [0.4, 0.5) is 0 Å². The van der Waals surface area contributed by atoms with Crippen LogP contribution in [0.5, 0.6) is 0 Å². The molecule has 1 aliphatic rings. The van der Waals surface area contributed by atoms with E-state index in [0.29, 0.717) is 17.6 Å². The standard InChI is InChI=1S/C21H21ClN4OS/c1-2-26-19(15-9-6-10-16(22)13-15)24-25-21(26)28-18(14-7-4-3-5-8-14)20(27)23-17-11-12-17/h3-10,13,17-18H,2,11-12H2,1H3,(H,23,27)/t18-/m0/s1. The van der Waals surface area contributed by atoms with E-state index in [4.69, 9.17) is 11.6 Å². The summed E-state index contributed by atoms with van der Waals surface area (Å²) in [6.45, 7) is 2.74. The van der Waals surface area contributed by atoms with Gasteiger partial charge in [0.1, 0.15) is 5.25 Å². The normalized spacial score (nSPS) is 14.6. The SMILES string of the molecule is CCn1c(S[C@H](C(=O)NC2CC2)c2ccccc2)nnc1-c1cccc(Cl)c1. The molecule has 3 aromatic rings. The van der Waals surface area contributed by atoms with Gasteiger partial charge in [-0.3, -0.25) is 4.79 Å². The highest BCUT2D eigenvalue weighted by Gasteiger charge is 2.30. The Kier molecular flexibility index (Phi) is 5.69. The van der Waals surface area contributed by atoms with Crippen molar-refractivity contribution < 1.29 is 4.79 Å². The number of thioether (sulfide) groups is 1. The minimum absolute atomic E-state index is 0.0219. The van der Waals surface area contributed by atoms with Gasteiger partial charge in [-0.05, 0) is 37.5 Å². The number of rotatable bonds is 7. The van der Waals surface area contributed by atoms with Gasteiger partial charge in [-0.2, -0.15) is 0 Å². The van der Waals surface area contributed by atoms with E-state index in [9.17, 15) is 4.79 Å². The van der Waals surface area contributed by atoms with Gasteiger partial charge < -0.3 is 9.88 Å². The minimum Gasteiger partial charge on any atom is -0.352 e. The van der Waals surface area contributed by atoms with Crippen LogP contribution in [0.2, 0.25) is 5.02 Å². The number of carbonyl (C=O) groups is 1. The Hall–Kier alpha value is -2.31. The van der Waals surface area contributed by atoms with Crippen molar-refractivity contribution >= 4 is 29.3 Å². The number of amides is 1. The molecule has 0 aliphatic heterocycles. The largest absolute Gasteiger partial charge is 0.352 e. The highest BCUT2D eigenvalue weighted by Crippen LogP contribution is 2.37. The monoisotopic (exact) mass is 412 g/mol. The van der Waals surface area contributed by atoms with Gasteiger partial charge in [0.2, 0.25) is 5.91 Å². The fourth-order valence-electron chi connectivity index (χ4n) is 3.01. The zero-order chi connectivity index (χ0) is 19.5. The molecule has 1 heterocycles. The van der Waals surface area contributed by atoms with E-state index in [0.717, 1.165) is 34.9 Å². The second-order valence-electron chi connectivity index (χ2n) is 6.75. The molecule has 1 fully saturated rings. The molecular formula is C21H21ClN4OS. The second kappa shape index (κ2) is 8.37. The smallest absolute Gasteiger partial charge is 0.238 e. The quantitative estimate of drug-likeness (QED) is 0.570. The maximum atomic E-state index is 12.9. The van der Waals surface area contributed by atoms with Crippen molar-refractivity contribution in [3.05, 3.63) is 65.2 Å². The summed E-state index contributed by atoms with van der Waals surface area (Å²) < 4.78 is 2.02. The third-order valence-electron chi connectivity index (χ3n) is 4.60. The molecule has 1 atom stereocenters. The Balaban J connectivity index is 1.65. The van der Waals surface area contributed by atoms with Crippen molar-refractivity contribution in [1.82, 2.24) is 20.1 Å². The highest BCUT2D eigenvalue weighted by molar-refractivity contribution is 8.00. The lowest BCUT2D eigenvalue weighted by Gasteiger charge is -2.17. The fraction of sp³-hybridized carbons (Fsp3) is 0.286. The summed E-state index contributed by atoms with van der Waals surface area (Å²) in [7, 11) is 0. The average molecular weight is 413 g/mol. The first kappa shape index (κ1) is 19.0. The molecule has 1 aromatic heterocycles. The lowest BCUT2D eigenvalue weighted by atomic mass is 10.1. The van der Waals surface area contributed by atoms with Crippen molar-refractivity contribution in [2.75, 3.05) is 0 Å². The number of nitrogens with one attached hydrogen (secondary N) is 1.